The molecule has 0 saturated carbocycles. The van der Waals surface area contributed by atoms with Gasteiger partial charge in [-0.1, -0.05) is 30.7 Å². The molecule has 7 nitrogen and oxygen atoms in total. The smallest absolute Gasteiger partial charge is 0.305 e. The summed E-state index contributed by atoms with van der Waals surface area (Å²) in [4.78, 5) is 29.6. The summed E-state index contributed by atoms with van der Waals surface area (Å²) in [7, 11) is 1.40. The maximum Gasteiger partial charge on any atom is 0.305 e. The van der Waals surface area contributed by atoms with E-state index in [-0.39, 0.29) is 11.5 Å². The van der Waals surface area contributed by atoms with E-state index in [1.807, 2.05) is 48.5 Å². The van der Waals surface area contributed by atoms with E-state index in [0.717, 1.165) is 37.1 Å². The number of carbonyl (C=O) groups excluding carboxylic acids is 1. The minimum Gasteiger partial charge on any atom is -0.469 e. The van der Waals surface area contributed by atoms with Crippen LogP contribution in [0.3, 0.4) is 0 Å². The minimum absolute atomic E-state index is 0.0861. The van der Waals surface area contributed by atoms with Crippen molar-refractivity contribution in [3.05, 3.63) is 64.7 Å². The van der Waals surface area contributed by atoms with Crippen molar-refractivity contribution in [2.75, 3.05) is 25.5 Å². The van der Waals surface area contributed by atoms with Gasteiger partial charge < -0.3 is 15.8 Å². The quantitative estimate of drug-likeness (QED) is 0.363. The van der Waals surface area contributed by atoms with Gasteiger partial charge in [-0.25, -0.2) is 4.98 Å². The number of anilines is 1. The number of methoxy groups -OCH3 is 1. The number of para-hydroxylation sites is 1. The van der Waals surface area contributed by atoms with E-state index >= 15 is 0 Å². The van der Waals surface area contributed by atoms with Crippen molar-refractivity contribution in [1.29, 1.82) is 0 Å². The molecule has 0 bridgehead atoms. The van der Waals surface area contributed by atoms with Gasteiger partial charge in [-0.05, 0) is 50.1 Å². The molecule has 1 heterocycles. The summed E-state index contributed by atoms with van der Waals surface area (Å²) in [6, 6.07) is 15.3. The second kappa shape index (κ2) is 11.3. The highest BCUT2D eigenvalue weighted by Crippen LogP contribution is 2.21. The molecule has 2 aromatic carbocycles. The van der Waals surface area contributed by atoms with Gasteiger partial charge in [0.05, 0.1) is 23.7 Å². The number of hydrogen-bond donors (Lipinski definition) is 2. The van der Waals surface area contributed by atoms with Crippen LogP contribution in [-0.4, -0.2) is 35.7 Å². The van der Waals surface area contributed by atoms with Crippen molar-refractivity contribution in [2.24, 2.45) is 5.73 Å². The van der Waals surface area contributed by atoms with Crippen molar-refractivity contribution < 1.29 is 9.53 Å². The van der Waals surface area contributed by atoms with Gasteiger partial charge in [-0.15, -0.1) is 0 Å². The molecule has 3 N–H and O–H groups in total. The van der Waals surface area contributed by atoms with Crippen LogP contribution < -0.4 is 16.6 Å². The Hall–Kier alpha value is -3.19. The van der Waals surface area contributed by atoms with Crippen molar-refractivity contribution in [3.63, 3.8) is 0 Å². The van der Waals surface area contributed by atoms with Gasteiger partial charge in [0.25, 0.3) is 5.56 Å². The number of aromatic nitrogens is 2. The number of benzene rings is 2. The first kappa shape index (κ1) is 22.5. The standard InChI is InChI=1S/C24H30N4O3/c1-31-22(29)15-6-3-7-17-26-19-12-8-13-20-23(19)24(30)28(18-10-4-2-5-11-18)21(27-20)14-9-16-25/h2,4-5,8,10-13,26H,3,6-7,9,14-17,25H2,1H3. The molecule has 0 spiro atoms. The summed E-state index contributed by atoms with van der Waals surface area (Å²) in [6.45, 7) is 1.25. The molecule has 0 fully saturated rings. The van der Waals surface area contributed by atoms with Crippen LogP contribution in [0.4, 0.5) is 5.69 Å². The largest absolute Gasteiger partial charge is 0.469 e. The number of esters is 1. The van der Waals surface area contributed by atoms with Gasteiger partial charge in [0.2, 0.25) is 0 Å². The van der Waals surface area contributed by atoms with Crippen LogP contribution >= 0.6 is 0 Å². The zero-order valence-corrected chi connectivity index (χ0v) is 18.0. The average Bonchev–Trinajstić information content (AvgIpc) is 2.80. The maximum absolute atomic E-state index is 13.6. The SMILES string of the molecule is COC(=O)CCCCCNc1cccc2nc(CCCN)n(-c3ccccc3)c(=O)c12. The Morgan fingerprint density at radius 2 is 1.87 bits per heavy atom. The van der Waals surface area contributed by atoms with Crippen LogP contribution in [0.5, 0.6) is 0 Å². The molecule has 164 valence electrons. The first-order valence-electron chi connectivity index (χ1n) is 10.8. The maximum atomic E-state index is 13.6. The van der Waals surface area contributed by atoms with Crippen molar-refractivity contribution in [3.8, 4) is 5.69 Å². The molecule has 0 radical (unpaired) electrons. The lowest BCUT2D eigenvalue weighted by Crippen LogP contribution is -2.25. The number of ether oxygens (including phenoxy) is 1. The van der Waals surface area contributed by atoms with Gasteiger partial charge >= 0.3 is 5.97 Å². The monoisotopic (exact) mass is 422 g/mol. The van der Waals surface area contributed by atoms with Crippen LogP contribution in [0.1, 0.15) is 37.9 Å². The molecule has 1 aromatic heterocycles. The van der Waals surface area contributed by atoms with Gasteiger partial charge in [0, 0.05) is 25.1 Å². The van der Waals surface area contributed by atoms with E-state index in [2.05, 4.69) is 10.1 Å². The van der Waals surface area contributed by atoms with E-state index < -0.39 is 0 Å². The molecule has 7 heteroatoms. The number of fused-ring (bicyclic) bond motifs is 1. The number of aryl methyl sites for hydroxylation is 1. The van der Waals surface area contributed by atoms with Crippen LogP contribution in [0.2, 0.25) is 0 Å². The first-order chi connectivity index (χ1) is 15.2. The topological polar surface area (TPSA) is 99.2 Å². The molecular weight excluding hydrogens is 392 g/mol. The fraction of sp³-hybridized carbons (Fsp3) is 0.375. The van der Waals surface area contributed by atoms with Gasteiger partial charge in [0.1, 0.15) is 5.82 Å². The fourth-order valence-corrected chi connectivity index (χ4v) is 3.59. The Morgan fingerprint density at radius 3 is 2.61 bits per heavy atom. The molecular formula is C24H30N4O3. The van der Waals surface area contributed by atoms with Gasteiger partial charge in [-0.3, -0.25) is 14.2 Å². The molecule has 3 rings (SSSR count). The number of hydrogen-bond acceptors (Lipinski definition) is 6. The number of carbonyl (C=O) groups is 1. The molecule has 0 aliphatic rings. The van der Waals surface area contributed by atoms with Gasteiger partial charge in [0.15, 0.2) is 0 Å². The molecule has 0 aliphatic carbocycles. The zero-order chi connectivity index (χ0) is 22.1. The number of rotatable bonds is 11. The third-order valence-electron chi connectivity index (χ3n) is 5.19. The average molecular weight is 423 g/mol. The van der Waals surface area contributed by atoms with Crippen molar-refractivity contribution in [1.82, 2.24) is 9.55 Å². The summed E-state index contributed by atoms with van der Waals surface area (Å²) in [5.41, 5.74) is 7.87. The highest BCUT2D eigenvalue weighted by atomic mass is 16.5. The Bertz CT molecular complexity index is 1060. The summed E-state index contributed by atoms with van der Waals surface area (Å²) in [5, 5.41) is 3.96. The molecule has 3 aromatic rings. The van der Waals surface area contributed by atoms with Crippen LogP contribution in [0.15, 0.2) is 53.3 Å². The van der Waals surface area contributed by atoms with E-state index in [9.17, 15) is 9.59 Å². The number of nitrogens with two attached hydrogens (primary N) is 1. The highest BCUT2D eigenvalue weighted by Gasteiger charge is 2.15. The normalized spacial score (nSPS) is 10.9. The van der Waals surface area contributed by atoms with Gasteiger partial charge in [-0.2, -0.15) is 0 Å². The number of nitrogens with one attached hydrogen (secondary N) is 1. The predicted molar refractivity (Wildman–Crippen MR) is 124 cm³/mol. The van der Waals surface area contributed by atoms with Crippen LogP contribution in [-0.2, 0) is 16.0 Å². The Morgan fingerprint density at radius 1 is 1.06 bits per heavy atom. The fourth-order valence-electron chi connectivity index (χ4n) is 3.59. The zero-order valence-electron chi connectivity index (χ0n) is 18.0. The van der Waals surface area contributed by atoms with Crippen LogP contribution in [0.25, 0.3) is 16.6 Å². The second-order valence-electron chi connectivity index (χ2n) is 7.41. The lowest BCUT2D eigenvalue weighted by molar-refractivity contribution is -0.140. The lowest BCUT2D eigenvalue weighted by Gasteiger charge is -2.16. The summed E-state index contributed by atoms with van der Waals surface area (Å²) in [6.07, 6.45) is 4.41. The molecule has 0 unspecified atom stereocenters. The van der Waals surface area contributed by atoms with Crippen molar-refractivity contribution in [2.45, 2.75) is 38.5 Å². The summed E-state index contributed by atoms with van der Waals surface area (Å²) >= 11 is 0. The highest BCUT2D eigenvalue weighted by molar-refractivity contribution is 5.90. The molecule has 0 atom stereocenters. The summed E-state index contributed by atoms with van der Waals surface area (Å²) in [5.74, 6) is 0.536. The lowest BCUT2D eigenvalue weighted by atomic mass is 10.1. The molecule has 0 saturated heterocycles. The Labute approximate surface area is 182 Å². The Balaban J connectivity index is 1.87. The van der Waals surface area contributed by atoms with E-state index in [4.69, 9.17) is 10.7 Å². The first-order valence-corrected chi connectivity index (χ1v) is 10.8. The number of nitrogens with zero attached hydrogens (tertiary/aromatic N) is 2. The van der Waals surface area contributed by atoms with Crippen molar-refractivity contribution >= 4 is 22.6 Å². The second-order valence-corrected chi connectivity index (χ2v) is 7.41. The summed E-state index contributed by atoms with van der Waals surface area (Å²) < 4.78 is 6.36. The molecule has 31 heavy (non-hydrogen) atoms. The van der Waals surface area contributed by atoms with E-state index in [1.54, 1.807) is 4.57 Å². The third kappa shape index (κ3) is 5.70. The molecule has 0 aliphatic heterocycles. The molecule has 0 amide bonds. The Kier molecular flexibility index (Phi) is 8.18. The van der Waals surface area contributed by atoms with Crippen LogP contribution in [0, 0.1) is 0 Å². The predicted octanol–water partition coefficient (Wildman–Crippen LogP) is 3.42. The number of unbranched alkanes of at least 4 members (excludes halogenated alkanes) is 2. The minimum atomic E-state index is -0.181. The van der Waals surface area contributed by atoms with E-state index in [0.29, 0.717) is 42.7 Å². The third-order valence-corrected chi connectivity index (χ3v) is 5.19. The van der Waals surface area contributed by atoms with E-state index in [1.165, 1.54) is 7.11 Å².